The summed E-state index contributed by atoms with van der Waals surface area (Å²) in [5.74, 6) is 2.82. The Morgan fingerprint density at radius 1 is 0.905 bits per heavy atom. The Kier molecular flexibility index (Phi) is 5.61. The predicted octanol–water partition coefficient (Wildman–Crippen LogP) is 4.06. The molecule has 0 aromatic heterocycles. The van der Waals surface area contributed by atoms with Crippen LogP contribution in [-0.2, 0) is 0 Å². The lowest BCUT2D eigenvalue weighted by atomic mass is 9.87. The van der Waals surface area contributed by atoms with Crippen molar-refractivity contribution in [1.29, 1.82) is 0 Å². The van der Waals surface area contributed by atoms with Crippen LogP contribution in [0.1, 0.15) is 71.6 Å². The number of likely N-dealkylation sites (tertiary alicyclic amines) is 1. The van der Waals surface area contributed by atoms with Gasteiger partial charge in [0, 0.05) is 18.6 Å². The number of hydrogen-bond donors (Lipinski definition) is 1. The van der Waals surface area contributed by atoms with Crippen LogP contribution in [0.25, 0.3) is 0 Å². The lowest BCUT2D eigenvalue weighted by Crippen LogP contribution is -2.47. The molecule has 1 aliphatic carbocycles. The van der Waals surface area contributed by atoms with Crippen LogP contribution in [-0.4, -0.2) is 36.6 Å². The number of nitrogens with zero attached hydrogens (tertiary/aromatic N) is 1. The fourth-order valence-corrected chi connectivity index (χ4v) is 5.16. The van der Waals surface area contributed by atoms with Crippen molar-refractivity contribution in [2.24, 2.45) is 17.8 Å². The second-order valence-electron chi connectivity index (χ2n) is 8.27. The Balaban J connectivity index is 1.53. The predicted molar refractivity (Wildman–Crippen MR) is 90.5 cm³/mol. The van der Waals surface area contributed by atoms with Gasteiger partial charge in [-0.3, -0.25) is 0 Å². The molecule has 3 rings (SSSR count). The van der Waals surface area contributed by atoms with E-state index in [-0.39, 0.29) is 0 Å². The van der Waals surface area contributed by atoms with E-state index < -0.39 is 0 Å². The fraction of sp³-hybridized carbons (Fsp3) is 1.00. The van der Waals surface area contributed by atoms with Gasteiger partial charge in [0.1, 0.15) is 0 Å². The van der Waals surface area contributed by atoms with E-state index in [0.29, 0.717) is 0 Å². The molecular weight excluding hydrogens is 256 g/mol. The first-order valence-electron chi connectivity index (χ1n) is 9.71. The molecule has 21 heavy (non-hydrogen) atoms. The van der Waals surface area contributed by atoms with Crippen LogP contribution in [0.5, 0.6) is 0 Å². The van der Waals surface area contributed by atoms with Gasteiger partial charge in [-0.25, -0.2) is 0 Å². The molecule has 2 heterocycles. The van der Waals surface area contributed by atoms with Crippen molar-refractivity contribution in [1.82, 2.24) is 10.2 Å². The van der Waals surface area contributed by atoms with Crippen molar-refractivity contribution in [3.05, 3.63) is 0 Å². The molecule has 0 aromatic rings. The summed E-state index contributed by atoms with van der Waals surface area (Å²) in [7, 11) is 0. The summed E-state index contributed by atoms with van der Waals surface area (Å²) < 4.78 is 0. The average molecular weight is 293 g/mol. The van der Waals surface area contributed by atoms with Crippen LogP contribution in [0.4, 0.5) is 0 Å². The smallest absolute Gasteiger partial charge is 0.0108 e. The number of piperidine rings is 1. The Bertz CT molecular complexity index is 309. The van der Waals surface area contributed by atoms with E-state index >= 15 is 0 Å². The second kappa shape index (κ2) is 7.46. The van der Waals surface area contributed by atoms with E-state index in [1.165, 1.54) is 77.4 Å². The van der Waals surface area contributed by atoms with Crippen LogP contribution in [0.3, 0.4) is 0 Å². The van der Waals surface area contributed by atoms with Gasteiger partial charge >= 0.3 is 0 Å². The Labute approximate surface area is 132 Å². The first-order valence-corrected chi connectivity index (χ1v) is 9.71. The first-order chi connectivity index (χ1) is 10.2. The maximum absolute atomic E-state index is 3.76. The molecule has 0 bridgehead atoms. The third-order valence-electron chi connectivity index (χ3n) is 6.60. The molecular formula is C19H36N2. The minimum atomic E-state index is 0.835. The third-order valence-corrected chi connectivity index (χ3v) is 6.60. The molecule has 3 fully saturated rings. The van der Waals surface area contributed by atoms with Gasteiger partial charge in [0.25, 0.3) is 0 Å². The maximum atomic E-state index is 3.76. The Morgan fingerprint density at radius 2 is 1.81 bits per heavy atom. The molecule has 0 aromatic carbocycles. The van der Waals surface area contributed by atoms with Gasteiger partial charge in [0.05, 0.1) is 0 Å². The molecule has 122 valence electrons. The van der Waals surface area contributed by atoms with Crippen molar-refractivity contribution >= 4 is 0 Å². The lowest BCUT2D eigenvalue weighted by Gasteiger charge is -2.40. The second-order valence-corrected chi connectivity index (χ2v) is 8.27. The Morgan fingerprint density at radius 3 is 2.57 bits per heavy atom. The molecule has 3 aliphatic rings. The number of nitrogens with one attached hydrogen (secondary N) is 1. The molecule has 0 amide bonds. The number of hydrogen-bond acceptors (Lipinski definition) is 2. The summed E-state index contributed by atoms with van der Waals surface area (Å²) in [6.45, 7) is 8.87. The van der Waals surface area contributed by atoms with Crippen LogP contribution < -0.4 is 5.32 Å². The van der Waals surface area contributed by atoms with Crippen LogP contribution in [0, 0.1) is 17.8 Å². The highest BCUT2D eigenvalue weighted by Gasteiger charge is 2.32. The molecule has 2 saturated heterocycles. The zero-order valence-corrected chi connectivity index (χ0v) is 14.3. The highest BCUT2D eigenvalue weighted by atomic mass is 15.2. The molecule has 1 saturated carbocycles. The summed E-state index contributed by atoms with van der Waals surface area (Å²) >= 11 is 0. The molecule has 4 atom stereocenters. The third kappa shape index (κ3) is 4.01. The first kappa shape index (κ1) is 15.8. The van der Waals surface area contributed by atoms with Gasteiger partial charge in [-0.05, 0) is 75.8 Å². The number of rotatable bonds is 3. The van der Waals surface area contributed by atoms with E-state index in [4.69, 9.17) is 0 Å². The molecule has 0 radical (unpaired) electrons. The fourth-order valence-electron chi connectivity index (χ4n) is 5.16. The highest BCUT2D eigenvalue weighted by Crippen LogP contribution is 2.33. The summed E-state index contributed by atoms with van der Waals surface area (Å²) in [5.41, 5.74) is 0. The van der Waals surface area contributed by atoms with Crippen molar-refractivity contribution in [2.75, 3.05) is 19.6 Å². The Hall–Kier alpha value is -0.0800. The van der Waals surface area contributed by atoms with E-state index in [1.54, 1.807) is 0 Å². The van der Waals surface area contributed by atoms with Gasteiger partial charge in [0.15, 0.2) is 0 Å². The summed E-state index contributed by atoms with van der Waals surface area (Å²) in [6.07, 6.45) is 13.1. The minimum Gasteiger partial charge on any atom is -0.314 e. The highest BCUT2D eigenvalue weighted by molar-refractivity contribution is 4.89. The van der Waals surface area contributed by atoms with Gasteiger partial charge < -0.3 is 10.2 Å². The molecule has 2 aliphatic heterocycles. The lowest BCUT2D eigenvalue weighted by molar-refractivity contribution is 0.0974. The normalized spacial score (nSPS) is 39.6. The van der Waals surface area contributed by atoms with Crippen molar-refractivity contribution in [2.45, 2.75) is 83.7 Å². The van der Waals surface area contributed by atoms with Crippen LogP contribution in [0.15, 0.2) is 0 Å². The van der Waals surface area contributed by atoms with Crippen LogP contribution in [0.2, 0.25) is 0 Å². The molecule has 2 nitrogen and oxygen atoms in total. The molecule has 2 heteroatoms. The molecule has 0 spiro atoms. The van der Waals surface area contributed by atoms with E-state index in [9.17, 15) is 0 Å². The minimum absolute atomic E-state index is 0.835. The van der Waals surface area contributed by atoms with Crippen molar-refractivity contribution in [3.8, 4) is 0 Å². The average Bonchev–Trinajstić information content (AvgIpc) is 2.91. The zero-order valence-electron chi connectivity index (χ0n) is 14.3. The summed E-state index contributed by atoms with van der Waals surface area (Å²) in [5, 5.41) is 3.76. The van der Waals surface area contributed by atoms with Crippen LogP contribution >= 0.6 is 0 Å². The zero-order chi connectivity index (χ0) is 14.7. The monoisotopic (exact) mass is 292 g/mol. The van der Waals surface area contributed by atoms with E-state index in [2.05, 4.69) is 24.1 Å². The quantitative estimate of drug-likeness (QED) is 0.789. The largest absolute Gasteiger partial charge is 0.314 e. The van der Waals surface area contributed by atoms with Gasteiger partial charge in [0.2, 0.25) is 0 Å². The molecule has 1 N–H and O–H groups in total. The van der Waals surface area contributed by atoms with Gasteiger partial charge in [-0.1, -0.05) is 26.7 Å². The topological polar surface area (TPSA) is 15.3 Å². The van der Waals surface area contributed by atoms with Gasteiger partial charge in [-0.2, -0.15) is 0 Å². The van der Waals surface area contributed by atoms with Gasteiger partial charge in [-0.15, -0.1) is 0 Å². The standard InChI is InChI=1S/C19H36N2/c1-15(2)16-6-3-8-18(11-10-16)21-13-5-7-17(14-21)19-9-4-12-20-19/h15-20H,3-14H2,1-2H3. The van der Waals surface area contributed by atoms with E-state index in [0.717, 1.165) is 29.8 Å². The summed E-state index contributed by atoms with van der Waals surface area (Å²) in [4.78, 5) is 2.89. The van der Waals surface area contributed by atoms with Crippen molar-refractivity contribution in [3.63, 3.8) is 0 Å². The van der Waals surface area contributed by atoms with E-state index in [1.807, 2.05) is 0 Å². The van der Waals surface area contributed by atoms with Crippen molar-refractivity contribution < 1.29 is 0 Å². The summed E-state index contributed by atoms with van der Waals surface area (Å²) in [6, 6.07) is 1.74. The SMILES string of the molecule is CC(C)C1CCCC(N2CCCC(C3CCCN3)C2)CC1. The molecule has 4 unspecified atom stereocenters. The maximum Gasteiger partial charge on any atom is 0.0108 e.